The van der Waals surface area contributed by atoms with Crippen LogP contribution in [-0.4, -0.2) is 66.1 Å². The summed E-state index contributed by atoms with van der Waals surface area (Å²) in [6.07, 6.45) is 4.99. The van der Waals surface area contributed by atoms with E-state index in [-0.39, 0.29) is 30.8 Å². The summed E-state index contributed by atoms with van der Waals surface area (Å²) in [7, 11) is 5.24. The highest BCUT2D eigenvalue weighted by molar-refractivity contribution is 5.86. The molecule has 168 valence electrons. The summed E-state index contributed by atoms with van der Waals surface area (Å²) >= 11 is 0. The Morgan fingerprint density at radius 2 is 1.84 bits per heavy atom. The van der Waals surface area contributed by atoms with E-state index in [1.165, 1.54) is 0 Å². The van der Waals surface area contributed by atoms with E-state index in [2.05, 4.69) is 0 Å². The lowest BCUT2D eigenvalue weighted by atomic mass is 10.1. The smallest absolute Gasteiger partial charge is 0.242 e. The first kappa shape index (κ1) is 22.9. The van der Waals surface area contributed by atoms with Gasteiger partial charge in [-0.25, -0.2) is 0 Å². The van der Waals surface area contributed by atoms with Crippen LogP contribution in [0.4, 0.5) is 0 Å². The van der Waals surface area contributed by atoms with Crippen molar-refractivity contribution in [3.63, 3.8) is 0 Å². The molecule has 1 aromatic carbocycles. The van der Waals surface area contributed by atoms with Crippen LogP contribution in [0.15, 0.2) is 42.6 Å². The van der Waals surface area contributed by atoms with Gasteiger partial charge in [0.25, 0.3) is 0 Å². The van der Waals surface area contributed by atoms with Crippen LogP contribution in [-0.2, 0) is 34.3 Å². The maximum absolute atomic E-state index is 13.2. The Bertz CT molecular complexity index is 858. The van der Waals surface area contributed by atoms with Gasteiger partial charge < -0.3 is 23.8 Å². The highest BCUT2D eigenvalue weighted by Gasteiger charge is 2.34. The van der Waals surface area contributed by atoms with Crippen molar-refractivity contribution >= 4 is 11.8 Å². The molecule has 2 aromatic rings. The van der Waals surface area contributed by atoms with E-state index < -0.39 is 0 Å². The first-order chi connectivity index (χ1) is 15.0. The second-order valence-corrected chi connectivity index (χ2v) is 8.05. The maximum atomic E-state index is 13.2. The molecule has 31 heavy (non-hydrogen) atoms. The predicted octanol–water partition coefficient (Wildman–Crippen LogP) is 2.63. The fourth-order valence-electron chi connectivity index (χ4n) is 3.62. The molecule has 1 saturated carbocycles. The molecule has 1 heterocycles. The Morgan fingerprint density at radius 1 is 1.10 bits per heavy atom. The minimum absolute atomic E-state index is 0.00389. The molecule has 0 bridgehead atoms. The van der Waals surface area contributed by atoms with Gasteiger partial charge in [-0.2, -0.15) is 0 Å². The van der Waals surface area contributed by atoms with E-state index in [4.69, 9.17) is 9.47 Å². The Labute approximate surface area is 184 Å². The summed E-state index contributed by atoms with van der Waals surface area (Å²) in [4.78, 5) is 29.9. The van der Waals surface area contributed by atoms with Gasteiger partial charge in [-0.3, -0.25) is 9.59 Å². The van der Waals surface area contributed by atoms with Gasteiger partial charge in [-0.05, 0) is 49.1 Å². The predicted molar refractivity (Wildman–Crippen MR) is 119 cm³/mol. The highest BCUT2D eigenvalue weighted by atomic mass is 16.5. The lowest BCUT2D eigenvalue weighted by molar-refractivity contribution is -0.141. The SMILES string of the molecule is COCCCN(CC(=O)N(Cc1cccn1C)C1CC1)C(=O)Cc1ccc(OC)cc1. The van der Waals surface area contributed by atoms with Gasteiger partial charge in [0.2, 0.25) is 11.8 Å². The van der Waals surface area contributed by atoms with Crippen molar-refractivity contribution < 1.29 is 19.1 Å². The zero-order valence-electron chi connectivity index (χ0n) is 18.8. The molecule has 1 fully saturated rings. The van der Waals surface area contributed by atoms with Crippen LogP contribution in [0.5, 0.6) is 5.75 Å². The van der Waals surface area contributed by atoms with Crippen molar-refractivity contribution in [1.29, 1.82) is 0 Å². The molecule has 1 aliphatic carbocycles. The van der Waals surface area contributed by atoms with Gasteiger partial charge in [0.15, 0.2) is 0 Å². The van der Waals surface area contributed by atoms with Crippen molar-refractivity contribution in [2.45, 2.75) is 38.3 Å². The van der Waals surface area contributed by atoms with Gasteiger partial charge in [-0.1, -0.05) is 12.1 Å². The van der Waals surface area contributed by atoms with Gasteiger partial charge >= 0.3 is 0 Å². The highest BCUT2D eigenvalue weighted by Crippen LogP contribution is 2.28. The normalized spacial score (nSPS) is 13.1. The lowest BCUT2D eigenvalue weighted by Gasteiger charge is -2.28. The number of carbonyl (C=O) groups excluding carboxylic acids is 2. The quantitative estimate of drug-likeness (QED) is 0.489. The first-order valence-corrected chi connectivity index (χ1v) is 10.8. The molecule has 0 radical (unpaired) electrons. The first-order valence-electron chi connectivity index (χ1n) is 10.8. The maximum Gasteiger partial charge on any atom is 0.242 e. The van der Waals surface area contributed by atoms with E-state index in [1.807, 2.05) is 59.1 Å². The number of aryl methyl sites for hydroxylation is 1. The number of amides is 2. The van der Waals surface area contributed by atoms with E-state index in [0.29, 0.717) is 26.1 Å². The standard InChI is InChI=1S/C24H33N3O4/c1-25-13-4-6-21(25)17-27(20-9-10-20)24(29)18-26(14-5-15-30-2)23(28)16-19-7-11-22(31-3)12-8-19/h4,6-8,11-13,20H,5,9-10,14-18H2,1-3H3. The third kappa shape index (κ3) is 6.59. The largest absolute Gasteiger partial charge is 0.497 e. The number of carbonyl (C=O) groups is 2. The second-order valence-electron chi connectivity index (χ2n) is 8.05. The van der Waals surface area contributed by atoms with Gasteiger partial charge in [-0.15, -0.1) is 0 Å². The molecule has 0 N–H and O–H groups in total. The van der Waals surface area contributed by atoms with Crippen LogP contribution in [0.1, 0.15) is 30.5 Å². The van der Waals surface area contributed by atoms with E-state index in [1.54, 1.807) is 19.1 Å². The molecule has 0 saturated heterocycles. The molecular weight excluding hydrogens is 394 g/mol. The van der Waals surface area contributed by atoms with Crippen molar-refractivity contribution in [3.05, 3.63) is 53.9 Å². The molecule has 0 unspecified atom stereocenters. The molecule has 7 nitrogen and oxygen atoms in total. The summed E-state index contributed by atoms with van der Waals surface area (Å²) in [6.45, 7) is 1.72. The van der Waals surface area contributed by atoms with E-state index in [9.17, 15) is 9.59 Å². The number of rotatable bonds is 12. The minimum atomic E-state index is -0.0516. The Kier molecular flexibility index (Phi) is 8.12. The molecule has 7 heteroatoms. The summed E-state index contributed by atoms with van der Waals surface area (Å²) in [5.74, 6) is 0.706. The molecule has 3 rings (SSSR count). The van der Waals surface area contributed by atoms with Crippen LogP contribution >= 0.6 is 0 Å². The molecule has 1 aromatic heterocycles. The summed E-state index contributed by atoms with van der Waals surface area (Å²) in [5.41, 5.74) is 1.99. The third-order valence-electron chi connectivity index (χ3n) is 5.66. The van der Waals surface area contributed by atoms with Gasteiger partial charge in [0.1, 0.15) is 5.75 Å². The summed E-state index contributed by atoms with van der Waals surface area (Å²) in [6, 6.07) is 11.8. The zero-order chi connectivity index (χ0) is 22.2. The average molecular weight is 428 g/mol. The molecule has 2 amide bonds. The van der Waals surface area contributed by atoms with Crippen LogP contribution in [0.25, 0.3) is 0 Å². The summed E-state index contributed by atoms with van der Waals surface area (Å²) < 4.78 is 12.4. The summed E-state index contributed by atoms with van der Waals surface area (Å²) in [5, 5.41) is 0. The monoisotopic (exact) mass is 427 g/mol. The van der Waals surface area contributed by atoms with Crippen LogP contribution in [0.2, 0.25) is 0 Å². The average Bonchev–Trinajstić information content (AvgIpc) is 3.53. The van der Waals surface area contributed by atoms with Gasteiger partial charge in [0, 0.05) is 45.2 Å². The van der Waals surface area contributed by atoms with Crippen molar-refractivity contribution in [2.75, 3.05) is 33.9 Å². The number of hydrogen-bond donors (Lipinski definition) is 0. The fraction of sp³-hybridized carbons (Fsp3) is 0.500. The van der Waals surface area contributed by atoms with Crippen molar-refractivity contribution in [3.8, 4) is 5.75 Å². The lowest BCUT2D eigenvalue weighted by Crippen LogP contribution is -2.44. The Morgan fingerprint density at radius 3 is 2.42 bits per heavy atom. The molecule has 0 atom stereocenters. The number of methoxy groups -OCH3 is 2. The Balaban J connectivity index is 1.66. The number of benzene rings is 1. The van der Waals surface area contributed by atoms with Crippen LogP contribution in [0.3, 0.4) is 0 Å². The number of aromatic nitrogens is 1. The molecular formula is C24H33N3O4. The number of ether oxygens (including phenoxy) is 2. The molecule has 1 aliphatic rings. The van der Waals surface area contributed by atoms with Crippen molar-refractivity contribution in [2.24, 2.45) is 7.05 Å². The van der Waals surface area contributed by atoms with E-state index >= 15 is 0 Å². The fourth-order valence-corrected chi connectivity index (χ4v) is 3.62. The zero-order valence-corrected chi connectivity index (χ0v) is 18.8. The topological polar surface area (TPSA) is 64.0 Å². The minimum Gasteiger partial charge on any atom is -0.497 e. The molecule has 0 spiro atoms. The van der Waals surface area contributed by atoms with E-state index in [0.717, 1.165) is 29.8 Å². The van der Waals surface area contributed by atoms with Crippen LogP contribution in [0, 0.1) is 0 Å². The second kappa shape index (κ2) is 11.0. The van der Waals surface area contributed by atoms with Crippen LogP contribution < -0.4 is 4.74 Å². The third-order valence-corrected chi connectivity index (χ3v) is 5.66. The number of hydrogen-bond acceptors (Lipinski definition) is 4. The van der Waals surface area contributed by atoms with Crippen molar-refractivity contribution in [1.82, 2.24) is 14.4 Å². The molecule has 0 aliphatic heterocycles. The Hall–Kier alpha value is -2.80. The number of nitrogens with zero attached hydrogens (tertiary/aromatic N) is 3. The van der Waals surface area contributed by atoms with Gasteiger partial charge in [0.05, 0.1) is 26.6 Å².